The second kappa shape index (κ2) is 6.53. The number of carbonyl (C=O) groups is 1. The van der Waals surface area contributed by atoms with Crippen LogP contribution in [0.1, 0.15) is 40.4 Å². The summed E-state index contributed by atoms with van der Waals surface area (Å²) in [4.78, 5) is 12.6. The lowest BCUT2D eigenvalue weighted by Crippen LogP contribution is -2.18. The molecule has 1 atom stereocenters. The fourth-order valence-electron chi connectivity index (χ4n) is 2.26. The fourth-order valence-corrected chi connectivity index (χ4v) is 2.76. The molecule has 1 unspecified atom stereocenters. The first kappa shape index (κ1) is 16.2. The van der Waals surface area contributed by atoms with Gasteiger partial charge in [0.2, 0.25) is 0 Å². The molecule has 1 aromatic carbocycles. The minimum absolute atomic E-state index is 0.0911. The number of hydrogen-bond acceptors (Lipinski definition) is 3. The minimum atomic E-state index is -0.0911. The average Bonchev–Trinajstić information content (AvgIpc) is 2.39. The lowest BCUT2D eigenvalue weighted by molar-refractivity contribution is 0.0921. The zero-order valence-electron chi connectivity index (χ0n) is 12.3. The van der Waals surface area contributed by atoms with Crippen LogP contribution in [-0.4, -0.2) is 19.4 Å². The van der Waals surface area contributed by atoms with Crippen LogP contribution in [-0.2, 0) is 0 Å². The van der Waals surface area contributed by atoms with E-state index in [2.05, 4.69) is 15.9 Å². The van der Waals surface area contributed by atoms with Gasteiger partial charge in [0, 0.05) is 10.4 Å². The standard InChI is InChI=1S/C15H22BrNO2/c1-8(6-7-17)14(18)12-11(4)13(16)9(2)10(3)15(12)19-5/h8H,6-7,17H2,1-5H3. The molecule has 4 heteroatoms. The predicted octanol–water partition coefficient (Wildman–Crippen LogP) is 3.55. The average molecular weight is 328 g/mol. The van der Waals surface area contributed by atoms with Gasteiger partial charge in [-0.1, -0.05) is 22.9 Å². The second-order valence-electron chi connectivity index (χ2n) is 4.94. The van der Waals surface area contributed by atoms with E-state index in [0.717, 1.165) is 21.2 Å². The van der Waals surface area contributed by atoms with Gasteiger partial charge < -0.3 is 10.5 Å². The Bertz CT molecular complexity index is 498. The van der Waals surface area contributed by atoms with E-state index in [0.29, 0.717) is 24.3 Å². The largest absolute Gasteiger partial charge is 0.496 e. The van der Waals surface area contributed by atoms with Gasteiger partial charge in [-0.3, -0.25) is 4.79 Å². The van der Waals surface area contributed by atoms with Crippen LogP contribution in [0.2, 0.25) is 0 Å². The maximum atomic E-state index is 12.6. The second-order valence-corrected chi connectivity index (χ2v) is 5.73. The van der Waals surface area contributed by atoms with Gasteiger partial charge in [0.15, 0.2) is 5.78 Å². The number of ketones is 1. The molecule has 0 bridgehead atoms. The molecule has 0 fully saturated rings. The van der Waals surface area contributed by atoms with Crippen molar-refractivity contribution in [2.45, 2.75) is 34.1 Å². The zero-order chi connectivity index (χ0) is 14.7. The molecule has 2 N–H and O–H groups in total. The van der Waals surface area contributed by atoms with Gasteiger partial charge in [-0.25, -0.2) is 0 Å². The number of halogens is 1. The van der Waals surface area contributed by atoms with E-state index in [-0.39, 0.29) is 11.7 Å². The van der Waals surface area contributed by atoms with E-state index in [9.17, 15) is 4.79 Å². The van der Waals surface area contributed by atoms with Gasteiger partial charge >= 0.3 is 0 Å². The quantitative estimate of drug-likeness (QED) is 0.841. The molecule has 106 valence electrons. The normalized spacial score (nSPS) is 12.4. The monoisotopic (exact) mass is 327 g/mol. The minimum Gasteiger partial charge on any atom is -0.496 e. The van der Waals surface area contributed by atoms with Crippen molar-refractivity contribution >= 4 is 21.7 Å². The van der Waals surface area contributed by atoms with Crippen molar-refractivity contribution in [2.24, 2.45) is 11.7 Å². The molecule has 0 amide bonds. The van der Waals surface area contributed by atoms with E-state index in [4.69, 9.17) is 10.5 Å². The van der Waals surface area contributed by atoms with E-state index in [1.807, 2.05) is 27.7 Å². The molecule has 0 heterocycles. The highest BCUT2D eigenvalue weighted by molar-refractivity contribution is 9.10. The third-order valence-electron chi connectivity index (χ3n) is 3.66. The Balaban J connectivity index is 3.46. The summed E-state index contributed by atoms with van der Waals surface area (Å²) in [5, 5.41) is 0. The van der Waals surface area contributed by atoms with Gasteiger partial charge in [0.25, 0.3) is 0 Å². The maximum absolute atomic E-state index is 12.6. The van der Waals surface area contributed by atoms with E-state index >= 15 is 0 Å². The number of hydrogen-bond donors (Lipinski definition) is 1. The number of benzene rings is 1. The SMILES string of the molecule is COc1c(C)c(C)c(Br)c(C)c1C(=O)C(C)CCN. The summed E-state index contributed by atoms with van der Waals surface area (Å²) in [6, 6.07) is 0. The summed E-state index contributed by atoms with van der Waals surface area (Å²) in [5.74, 6) is 0.697. The molecule has 0 aliphatic carbocycles. The van der Waals surface area contributed by atoms with Crippen molar-refractivity contribution in [1.82, 2.24) is 0 Å². The van der Waals surface area contributed by atoms with Crippen LogP contribution in [0.15, 0.2) is 4.47 Å². The Morgan fingerprint density at radius 3 is 2.32 bits per heavy atom. The van der Waals surface area contributed by atoms with Gasteiger partial charge in [0.1, 0.15) is 5.75 Å². The molecule has 0 radical (unpaired) electrons. The van der Waals surface area contributed by atoms with Crippen molar-refractivity contribution in [3.63, 3.8) is 0 Å². The van der Waals surface area contributed by atoms with Crippen LogP contribution < -0.4 is 10.5 Å². The molecule has 3 nitrogen and oxygen atoms in total. The Morgan fingerprint density at radius 1 is 1.26 bits per heavy atom. The number of nitrogens with two attached hydrogens (primary N) is 1. The topological polar surface area (TPSA) is 52.3 Å². The summed E-state index contributed by atoms with van der Waals surface area (Å²) in [7, 11) is 1.61. The molecule has 0 aromatic heterocycles. The van der Waals surface area contributed by atoms with Crippen molar-refractivity contribution < 1.29 is 9.53 Å². The fraction of sp³-hybridized carbons (Fsp3) is 0.533. The molecular weight excluding hydrogens is 306 g/mol. The summed E-state index contributed by atoms with van der Waals surface area (Å²) >= 11 is 3.57. The molecule has 1 aromatic rings. The highest BCUT2D eigenvalue weighted by Crippen LogP contribution is 2.37. The van der Waals surface area contributed by atoms with Crippen molar-refractivity contribution in [2.75, 3.05) is 13.7 Å². The Kier molecular flexibility index (Phi) is 5.56. The lowest BCUT2D eigenvalue weighted by Gasteiger charge is -2.20. The van der Waals surface area contributed by atoms with Crippen molar-refractivity contribution in [1.29, 1.82) is 0 Å². The van der Waals surface area contributed by atoms with Crippen LogP contribution in [0.4, 0.5) is 0 Å². The van der Waals surface area contributed by atoms with Gasteiger partial charge in [-0.2, -0.15) is 0 Å². The van der Waals surface area contributed by atoms with E-state index in [1.54, 1.807) is 7.11 Å². The number of Topliss-reactive ketones (excluding diaryl/α,β-unsaturated/α-hetero) is 1. The van der Waals surface area contributed by atoms with Gasteiger partial charge in [-0.15, -0.1) is 0 Å². The molecule has 19 heavy (non-hydrogen) atoms. The van der Waals surface area contributed by atoms with Crippen molar-refractivity contribution in [3.8, 4) is 5.75 Å². The molecule has 0 aliphatic rings. The third kappa shape index (κ3) is 3.00. The zero-order valence-corrected chi connectivity index (χ0v) is 13.8. The van der Waals surface area contributed by atoms with E-state index < -0.39 is 0 Å². The van der Waals surface area contributed by atoms with Crippen LogP contribution >= 0.6 is 15.9 Å². The van der Waals surface area contributed by atoms with Crippen LogP contribution in [0.5, 0.6) is 5.75 Å². The molecular formula is C15H22BrNO2. The Morgan fingerprint density at radius 2 is 1.84 bits per heavy atom. The van der Waals surface area contributed by atoms with Gasteiger partial charge in [0.05, 0.1) is 12.7 Å². The van der Waals surface area contributed by atoms with Crippen LogP contribution in [0, 0.1) is 26.7 Å². The Hall–Kier alpha value is -0.870. The summed E-state index contributed by atoms with van der Waals surface area (Å²) in [6.45, 7) is 8.37. The highest BCUT2D eigenvalue weighted by atomic mass is 79.9. The summed E-state index contributed by atoms with van der Waals surface area (Å²) in [6.07, 6.45) is 0.686. The Labute approximate surface area is 123 Å². The van der Waals surface area contributed by atoms with Crippen LogP contribution in [0.25, 0.3) is 0 Å². The number of carbonyl (C=O) groups excluding carboxylic acids is 1. The molecule has 1 rings (SSSR count). The molecule has 0 saturated carbocycles. The molecule has 0 spiro atoms. The first-order valence-corrected chi connectivity index (χ1v) is 7.23. The molecule has 0 saturated heterocycles. The van der Waals surface area contributed by atoms with Crippen LogP contribution in [0.3, 0.4) is 0 Å². The summed E-state index contributed by atoms with van der Waals surface area (Å²) in [5.41, 5.74) is 9.27. The first-order valence-electron chi connectivity index (χ1n) is 6.44. The lowest BCUT2D eigenvalue weighted by atomic mass is 9.89. The summed E-state index contributed by atoms with van der Waals surface area (Å²) < 4.78 is 6.45. The molecule has 0 aliphatic heterocycles. The number of ether oxygens (including phenoxy) is 1. The third-order valence-corrected chi connectivity index (χ3v) is 4.85. The first-order chi connectivity index (χ1) is 8.86. The number of rotatable bonds is 5. The maximum Gasteiger partial charge on any atom is 0.169 e. The predicted molar refractivity (Wildman–Crippen MR) is 82.1 cm³/mol. The number of methoxy groups -OCH3 is 1. The highest BCUT2D eigenvalue weighted by Gasteiger charge is 2.25. The van der Waals surface area contributed by atoms with E-state index in [1.165, 1.54) is 0 Å². The van der Waals surface area contributed by atoms with Gasteiger partial charge in [-0.05, 0) is 50.4 Å². The van der Waals surface area contributed by atoms with Crippen molar-refractivity contribution in [3.05, 3.63) is 26.7 Å². The smallest absolute Gasteiger partial charge is 0.169 e.